The monoisotopic (exact) mass is 248 g/mol. The number of nitro groups is 2. The van der Waals surface area contributed by atoms with Crippen molar-refractivity contribution in [1.82, 2.24) is 10.2 Å². The van der Waals surface area contributed by atoms with E-state index in [2.05, 4.69) is 10.2 Å². The minimum atomic E-state index is -0.780. The van der Waals surface area contributed by atoms with Crippen LogP contribution >= 0.6 is 0 Å². The van der Waals surface area contributed by atoms with Crippen LogP contribution in [-0.4, -0.2) is 20.0 Å². The van der Waals surface area contributed by atoms with Crippen molar-refractivity contribution in [3.63, 3.8) is 0 Å². The first kappa shape index (κ1) is 13.2. The number of aromatic nitrogens is 2. The maximum atomic E-state index is 10.2. The molecule has 8 nitrogen and oxygen atoms in total. The second-order valence-electron chi connectivity index (χ2n) is 2.92. The lowest BCUT2D eigenvalue weighted by Gasteiger charge is -1.91. The third kappa shape index (κ3) is 3.93. The molecule has 18 heavy (non-hydrogen) atoms. The van der Waals surface area contributed by atoms with E-state index >= 15 is 0 Å². The average molecular weight is 248 g/mol. The summed E-state index contributed by atoms with van der Waals surface area (Å²) in [6, 6.07) is 8.60. The van der Waals surface area contributed by atoms with Gasteiger partial charge in [0, 0.05) is 24.5 Å². The fourth-order valence-corrected chi connectivity index (χ4v) is 1.03. The van der Waals surface area contributed by atoms with Gasteiger partial charge in [-0.1, -0.05) is 12.1 Å². The fourth-order valence-electron chi connectivity index (χ4n) is 1.03. The molecule has 8 heteroatoms. The van der Waals surface area contributed by atoms with Crippen molar-refractivity contribution < 1.29 is 9.85 Å². The molecule has 0 radical (unpaired) electrons. The van der Waals surface area contributed by atoms with Gasteiger partial charge in [-0.25, -0.2) is 0 Å². The summed E-state index contributed by atoms with van der Waals surface area (Å²) in [5.41, 5.74) is -0.968. The maximum absolute atomic E-state index is 10.2. The van der Waals surface area contributed by atoms with Crippen molar-refractivity contribution in [2.75, 3.05) is 0 Å². The van der Waals surface area contributed by atoms with Crippen molar-refractivity contribution in [3.8, 4) is 0 Å². The van der Waals surface area contributed by atoms with E-state index in [1.807, 2.05) is 12.1 Å². The number of rotatable bonds is 2. The molecule has 0 aliphatic carbocycles. The van der Waals surface area contributed by atoms with Gasteiger partial charge < -0.3 is 0 Å². The van der Waals surface area contributed by atoms with Gasteiger partial charge in [0.1, 0.15) is 0 Å². The zero-order valence-corrected chi connectivity index (χ0v) is 9.04. The Morgan fingerprint density at radius 2 is 1.17 bits per heavy atom. The zero-order chi connectivity index (χ0) is 13.4. The van der Waals surface area contributed by atoms with Crippen LogP contribution in [0.25, 0.3) is 0 Å². The van der Waals surface area contributed by atoms with E-state index in [4.69, 9.17) is 0 Å². The summed E-state index contributed by atoms with van der Waals surface area (Å²) in [5.74, 6) is 0. The molecule has 0 atom stereocenters. The van der Waals surface area contributed by atoms with Crippen LogP contribution in [0.4, 0.5) is 11.4 Å². The quantitative estimate of drug-likeness (QED) is 0.593. The summed E-state index contributed by atoms with van der Waals surface area (Å²) in [6.45, 7) is 0. The van der Waals surface area contributed by atoms with Gasteiger partial charge >= 0.3 is 11.4 Å². The SMILES string of the molecule is O=[N+]([O-])c1ccccc1[N+](=O)[O-].c1ccnnc1. The first-order valence-electron chi connectivity index (χ1n) is 4.72. The van der Waals surface area contributed by atoms with Gasteiger partial charge in [-0.2, -0.15) is 10.2 Å². The third-order valence-electron chi connectivity index (χ3n) is 1.76. The van der Waals surface area contributed by atoms with Crippen LogP contribution in [0.5, 0.6) is 0 Å². The van der Waals surface area contributed by atoms with Crippen LogP contribution in [-0.2, 0) is 0 Å². The molecule has 0 aliphatic heterocycles. The molecule has 2 rings (SSSR count). The van der Waals surface area contributed by atoms with Crippen LogP contribution in [0, 0.1) is 20.2 Å². The molecule has 1 aromatic heterocycles. The van der Waals surface area contributed by atoms with E-state index in [1.165, 1.54) is 12.1 Å². The zero-order valence-electron chi connectivity index (χ0n) is 9.04. The van der Waals surface area contributed by atoms with Crippen LogP contribution in [0.2, 0.25) is 0 Å². The molecule has 0 saturated heterocycles. The highest BCUT2D eigenvalue weighted by atomic mass is 16.6. The molecule has 0 unspecified atom stereocenters. The van der Waals surface area contributed by atoms with Gasteiger partial charge in [0.25, 0.3) is 0 Å². The lowest BCUT2D eigenvalue weighted by atomic mass is 10.3. The number of hydrogen-bond acceptors (Lipinski definition) is 6. The van der Waals surface area contributed by atoms with Crippen molar-refractivity contribution in [2.24, 2.45) is 0 Å². The summed E-state index contributed by atoms with van der Waals surface area (Å²) >= 11 is 0. The Labute approximate surface area is 101 Å². The second kappa shape index (κ2) is 6.63. The summed E-state index contributed by atoms with van der Waals surface area (Å²) in [6.07, 6.45) is 3.28. The smallest absolute Gasteiger partial charge is 0.258 e. The predicted molar refractivity (Wildman–Crippen MR) is 61.8 cm³/mol. The van der Waals surface area contributed by atoms with E-state index in [9.17, 15) is 20.2 Å². The van der Waals surface area contributed by atoms with Crippen molar-refractivity contribution in [1.29, 1.82) is 0 Å². The molecule has 0 fully saturated rings. The van der Waals surface area contributed by atoms with Crippen LogP contribution in [0.3, 0.4) is 0 Å². The van der Waals surface area contributed by atoms with Crippen LogP contribution < -0.4 is 0 Å². The Bertz CT molecular complexity index is 473. The van der Waals surface area contributed by atoms with Crippen molar-refractivity contribution in [3.05, 3.63) is 69.0 Å². The topological polar surface area (TPSA) is 112 Å². The maximum Gasteiger partial charge on any atom is 0.346 e. The van der Waals surface area contributed by atoms with E-state index in [0.29, 0.717) is 0 Å². The van der Waals surface area contributed by atoms with E-state index in [0.717, 1.165) is 12.1 Å². The van der Waals surface area contributed by atoms with Gasteiger partial charge in [-0.05, 0) is 12.1 Å². The largest absolute Gasteiger partial charge is 0.346 e. The first-order chi connectivity index (χ1) is 8.63. The summed E-state index contributed by atoms with van der Waals surface area (Å²) in [7, 11) is 0. The molecular formula is C10H8N4O4. The highest BCUT2D eigenvalue weighted by molar-refractivity contribution is 5.51. The number of nitro benzene ring substituents is 2. The highest BCUT2D eigenvalue weighted by Crippen LogP contribution is 2.24. The Kier molecular flexibility index (Phi) is 4.85. The number of benzene rings is 1. The molecule has 0 N–H and O–H groups in total. The van der Waals surface area contributed by atoms with E-state index in [1.54, 1.807) is 12.4 Å². The van der Waals surface area contributed by atoms with Crippen LogP contribution in [0.1, 0.15) is 0 Å². The Morgan fingerprint density at radius 1 is 0.778 bits per heavy atom. The van der Waals surface area contributed by atoms with Crippen LogP contribution in [0.15, 0.2) is 48.8 Å². The molecule has 92 valence electrons. The molecule has 1 aromatic carbocycles. The lowest BCUT2D eigenvalue weighted by Crippen LogP contribution is -1.95. The second-order valence-corrected chi connectivity index (χ2v) is 2.92. The normalized spacial score (nSPS) is 8.89. The molecule has 0 bridgehead atoms. The standard InChI is InChI=1S/C6H4N2O4.C4H4N2/c9-7(10)5-3-1-2-4-6(5)8(11)12;1-2-4-6-5-3-1/h1-4H;1-4H. The summed E-state index contributed by atoms with van der Waals surface area (Å²) < 4.78 is 0. The van der Waals surface area contributed by atoms with Crippen molar-refractivity contribution >= 4 is 11.4 Å². The predicted octanol–water partition coefficient (Wildman–Crippen LogP) is 1.98. The molecule has 2 aromatic rings. The Morgan fingerprint density at radius 3 is 1.39 bits per heavy atom. The molecule has 0 amide bonds. The molecular weight excluding hydrogens is 240 g/mol. The molecule has 0 saturated carbocycles. The van der Waals surface area contributed by atoms with E-state index in [-0.39, 0.29) is 0 Å². The highest BCUT2D eigenvalue weighted by Gasteiger charge is 2.21. The number of hydrogen-bond donors (Lipinski definition) is 0. The Balaban J connectivity index is 0.000000225. The minimum Gasteiger partial charge on any atom is -0.258 e. The summed E-state index contributed by atoms with van der Waals surface area (Å²) in [4.78, 5) is 18.9. The summed E-state index contributed by atoms with van der Waals surface area (Å²) in [5, 5.41) is 27.5. The Hall–Kier alpha value is -2.90. The first-order valence-corrected chi connectivity index (χ1v) is 4.72. The van der Waals surface area contributed by atoms with Gasteiger partial charge in [0.2, 0.25) is 0 Å². The number of para-hydroxylation sites is 2. The van der Waals surface area contributed by atoms with E-state index < -0.39 is 21.2 Å². The van der Waals surface area contributed by atoms with Gasteiger partial charge in [-0.3, -0.25) is 20.2 Å². The van der Waals surface area contributed by atoms with Gasteiger partial charge in [0.05, 0.1) is 9.85 Å². The average Bonchev–Trinajstić information content (AvgIpc) is 2.41. The fraction of sp³-hybridized carbons (Fsp3) is 0. The third-order valence-corrected chi connectivity index (χ3v) is 1.76. The lowest BCUT2D eigenvalue weighted by molar-refractivity contribution is -0.422. The minimum absolute atomic E-state index is 0.484. The van der Waals surface area contributed by atoms with Crippen molar-refractivity contribution in [2.45, 2.75) is 0 Å². The number of nitrogens with zero attached hydrogens (tertiary/aromatic N) is 4. The van der Waals surface area contributed by atoms with Gasteiger partial charge in [-0.15, -0.1) is 0 Å². The van der Waals surface area contributed by atoms with Gasteiger partial charge in [0.15, 0.2) is 0 Å². The molecule has 1 heterocycles. The molecule has 0 aliphatic rings. The molecule has 0 spiro atoms.